The highest BCUT2D eigenvalue weighted by Gasteiger charge is 2.47. The Balaban J connectivity index is 1.43. The van der Waals surface area contributed by atoms with Gasteiger partial charge in [-0.25, -0.2) is 8.78 Å². The smallest absolute Gasteiger partial charge is 0.254 e. The molecule has 7 heteroatoms. The van der Waals surface area contributed by atoms with Gasteiger partial charge in [-0.05, 0) is 97.3 Å². The summed E-state index contributed by atoms with van der Waals surface area (Å²) in [5.41, 5.74) is 9.45. The molecule has 3 aliphatic heterocycles. The SMILES string of the molecule is CC(C)(O)CC1OCc2cc(-c3ccc(C(=O)N4[C@@H]5CC[C@H]4[C@@H](N)C5)cc3-c3cccc(F)c3)c(F)cc21. The van der Waals surface area contributed by atoms with Crippen LogP contribution in [0.4, 0.5) is 8.78 Å². The summed E-state index contributed by atoms with van der Waals surface area (Å²) >= 11 is 0. The Morgan fingerprint density at radius 1 is 1.08 bits per heavy atom. The van der Waals surface area contributed by atoms with E-state index in [1.54, 1.807) is 50.2 Å². The Morgan fingerprint density at radius 3 is 2.58 bits per heavy atom. The van der Waals surface area contributed by atoms with Crippen LogP contribution in [0.2, 0.25) is 0 Å². The van der Waals surface area contributed by atoms with Crippen molar-refractivity contribution in [3.8, 4) is 22.3 Å². The van der Waals surface area contributed by atoms with Crippen LogP contribution in [-0.2, 0) is 11.3 Å². The highest BCUT2D eigenvalue weighted by atomic mass is 19.1. The Labute approximate surface area is 221 Å². The highest BCUT2D eigenvalue weighted by Crippen LogP contribution is 2.43. The largest absolute Gasteiger partial charge is 0.390 e. The van der Waals surface area contributed by atoms with E-state index in [1.807, 2.05) is 4.90 Å². The molecule has 0 aliphatic carbocycles. The van der Waals surface area contributed by atoms with E-state index in [1.165, 1.54) is 18.2 Å². The second-order valence-electron chi connectivity index (χ2n) is 11.5. The lowest BCUT2D eigenvalue weighted by atomic mass is 9.89. The molecule has 2 saturated heterocycles. The normalized spacial score (nSPS) is 24.2. The molecule has 3 aliphatic rings. The number of benzene rings is 3. The Morgan fingerprint density at radius 2 is 1.89 bits per heavy atom. The molecule has 0 spiro atoms. The van der Waals surface area contributed by atoms with Gasteiger partial charge in [0.25, 0.3) is 5.91 Å². The Bertz CT molecular complexity index is 1420. The van der Waals surface area contributed by atoms with E-state index in [4.69, 9.17) is 10.5 Å². The average Bonchev–Trinajstić information content (AvgIpc) is 3.54. The number of nitrogens with two attached hydrogens (primary N) is 1. The highest BCUT2D eigenvalue weighted by molar-refractivity contribution is 5.98. The fraction of sp³-hybridized carbons (Fsp3) is 0.387. The third kappa shape index (κ3) is 4.42. The average molecular weight is 519 g/mol. The third-order valence-electron chi connectivity index (χ3n) is 8.21. The van der Waals surface area contributed by atoms with Gasteiger partial charge in [-0.15, -0.1) is 0 Å². The molecule has 3 heterocycles. The molecule has 1 unspecified atom stereocenters. The van der Waals surface area contributed by atoms with Gasteiger partial charge in [-0.1, -0.05) is 18.2 Å². The molecule has 2 bridgehead atoms. The maximum atomic E-state index is 15.7. The quantitative estimate of drug-likeness (QED) is 0.452. The molecule has 2 fully saturated rings. The van der Waals surface area contributed by atoms with E-state index >= 15 is 4.39 Å². The molecule has 3 aromatic rings. The van der Waals surface area contributed by atoms with E-state index in [9.17, 15) is 14.3 Å². The first-order valence-electron chi connectivity index (χ1n) is 13.2. The maximum Gasteiger partial charge on any atom is 0.254 e. The summed E-state index contributed by atoms with van der Waals surface area (Å²) < 4.78 is 35.9. The summed E-state index contributed by atoms with van der Waals surface area (Å²) in [6.07, 6.45) is 2.63. The van der Waals surface area contributed by atoms with Gasteiger partial charge in [0.15, 0.2) is 0 Å². The number of halogens is 2. The predicted octanol–water partition coefficient (Wildman–Crippen LogP) is 5.74. The van der Waals surface area contributed by atoms with E-state index in [0.717, 1.165) is 30.4 Å². The lowest BCUT2D eigenvalue weighted by Gasteiger charge is -2.24. The fourth-order valence-corrected chi connectivity index (χ4v) is 6.47. The number of nitrogens with zero attached hydrogens (tertiary/aromatic N) is 1. The van der Waals surface area contributed by atoms with E-state index < -0.39 is 23.3 Å². The number of hydrogen-bond donors (Lipinski definition) is 2. The molecule has 0 saturated carbocycles. The predicted molar refractivity (Wildman–Crippen MR) is 141 cm³/mol. The molecule has 0 radical (unpaired) electrons. The van der Waals surface area contributed by atoms with Crippen molar-refractivity contribution in [3.05, 3.63) is 82.9 Å². The van der Waals surface area contributed by atoms with Crippen LogP contribution in [0.5, 0.6) is 0 Å². The van der Waals surface area contributed by atoms with Crippen LogP contribution in [0.15, 0.2) is 54.6 Å². The zero-order valence-corrected chi connectivity index (χ0v) is 21.6. The number of carbonyl (C=O) groups is 1. The minimum absolute atomic E-state index is 0.0115. The summed E-state index contributed by atoms with van der Waals surface area (Å²) in [4.78, 5) is 15.5. The molecule has 4 atom stereocenters. The van der Waals surface area contributed by atoms with Gasteiger partial charge in [0.05, 0.1) is 18.3 Å². The topological polar surface area (TPSA) is 75.8 Å². The molecule has 198 valence electrons. The van der Waals surface area contributed by atoms with Gasteiger partial charge in [-0.2, -0.15) is 0 Å². The van der Waals surface area contributed by atoms with Crippen molar-refractivity contribution >= 4 is 5.91 Å². The summed E-state index contributed by atoms with van der Waals surface area (Å²) in [5, 5.41) is 10.2. The summed E-state index contributed by atoms with van der Waals surface area (Å²) in [6, 6.07) is 14.8. The number of carbonyl (C=O) groups excluding carboxylic acids is 1. The van der Waals surface area contributed by atoms with Crippen LogP contribution in [0.3, 0.4) is 0 Å². The monoisotopic (exact) mass is 518 g/mol. The maximum absolute atomic E-state index is 15.7. The van der Waals surface area contributed by atoms with Crippen LogP contribution in [-0.4, -0.2) is 39.6 Å². The van der Waals surface area contributed by atoms with Crippen molar-refractivity contribution in [2.45, 2.75) is 76.0 Å². The fourth-order valence-electron chi connectivity index (χ4n) is 6.47. The molecule has 0 aromatic heterocycles. The van der Waals surface area contributed by atoms with E-state index in [-0.39, 0.29) is 24.0 Å². The van der Waals surface area contributed by atoms with Crippen molar-refractivity contribution in [1.29, 1.82) is 0 Å². The number of amides is 1. The van der Waals surface area contributed by atoms with Crippen LogP contribution < -0.4 is 5.73 Å². The minimum atomic E-state index is -0.951. The molecule has 6 rings (SSSR count). The first-order chi connectivity index (χ1) is 18.1. The molecular formula is C31H32F2N2O3. The van der Waals surface area contributed by atoms with Crippen LogP contribution in [0, 0.1) is 11.6 Å². The molecule has 1 amide bonds. The van der Waals surface area contributed by atoms with E-state index in [0.29, 0.717) is 40.8 Å². The molecule has 5 nitrogen and oxygen atoms in total. The van der Waals surface area contributed by atoms with Gasteiger partial charge in [0.1, 0.15) is 11.6 Å². The zero-order valence-electron chi connectivity index (χ0n) is 21.6. The summed E-state index contributed by atoms with van der Waals surface area (Å²) in [5.74, 6) is -0.937. The first kappa shape index (κ1) is 25.2. The van der Waals surface area contributed by atoms with Gasteiger partial charge in [-0.3, -0.25) is 4.79 Å². The second-order valence-corrected chi connectivity index (χ2v) is 11.5. The van der Waals surface area contributed by atoms with Gasteiger partial charge >= 0.3 is 0 Å². The lowest BCUT2D eigenvalue weighted by molar-refractivity contribution is -0.0146. The number of fused-ring (bicyclic) bond motifs is 3. The third-order valence-corrected chi connectivity index (χ3v) is 8.21. The Kier molecular flexibility index (Phi) is 6.13. The van der Waals surface area contributed by atoms with Crippen molar-refractivity contribution in [2.75, 3.05) is 0 Å². The number of rotatable bonds is 5. The number of hydrogen-bond acceptors (Lipinski definition) is 4. The first-order valence-corrected chi connectivity index (χ1v) is 13.2. The van der Waals surface area contributed by atoms with Crippen LogP contribution in [0.1, 0.15) is 67.1 Å². The van der Waals surface area contributed by atoms with E-state index in [2.05, 4.69) is 0 Å². The second kappa shape index (κ2) is 9.26. The molecule has 3 aromatic carbocycles. The van der Waals surface area contributed by atoms with Crippen molar-refractivity contribution in [1.82, 2.24) is 4.90 Å². The van der Waals surface area contributed by atoms with Gasteiger partial charge in [0, 0.05) is 35.7 Å². The van der Waals surface area contributed by atoms with Crippen molar-refractivity contribution < 1.29 is 23.4 Å². The standard InChI is InChI=1S/C31H32F2N2O3/c1-31(2,37)15-29-24-14-26(33)25(12-19(24)16-38-29)22-8-6-18(11-23(22)17-4-3-5-20(32)10-17)30(36)35-21-7-9-28(35)27(34)13-21/h3-6,8,10-12,14,21,27-29,37H,7,9,13,15-16,34H2,1-2H3/t21-,27+,28+,29?/m1/s1. The van der Waals surface area contributed by atoms with Crippen LogP contribution in [0.25, 0.3) is 22.3 Å². The molecule has 38 heavy (non-hydrogen) atoms. The van der Waals surface area contributed by atoms with Crippen LogP contribution >= 0.6 is 0 Å². The Hall–Kier alpha value is -3.13. The minimum Gasteiger partial charge on any atom is -0.390 e. The summed E-state index contributed by atoms with van der Waals surface area (Å²) in [7, 11) is 0. The van der Waals surface area contributed by atoms with Gasteiger partial charge in [0.2, 0.25) is 0 Å². The lowest BCUT2D eigenvalue weighted by Crippen LogP contribution is -2.40. The summed E-state index contributed by atoms with van der Waals surface area (Å²) in [6.45, 7) is 3.72. The van der Waals surface area contributed by atoms with Gasteiger partial charge < -0.3 is 20.5 Å². The van der Waals surface area contributed by atoms with Crippen molar-refractivity contribution in [3.63, 3.8) is 0 Å². The molecular weight excluding hydrogens is 486 g/mol. The number of aliphatic hydroxyl groups is 1. The zero-order chi connectivity index (χ0) is 26.8. The number of ether oxygens (including phenoxy) is 1. The molecule has 3 N–H and O–H groups in total. The van der Waals surface area contributed by atoms with Crippen molar-refractivity contribution in [2.24, 2.45) is 5.73 Å².